The van der Waals surface area contributed by atoms with Crippen molar-refractivity contribution < 1.29 is 19.4 Å². The number of carboxylic acids is 1. The topological polar surface area (TPSA) is 97.6 Å². The van der Waals surface area contributed by atoms with Crippen LogP contribution in [0.4, 0.5) is 0 Å². The number of carbonyl (C=O) groups excluding carboxylic acids is 1. The van der Waals surface area contributed by atoms with Crippen molar-refractivity contribution in [2.24, 2.45) is 0 Å². The van der Waals surface area contributed by atoms with Crippen LogP contribution >= 0.6 is 0 Å². The molecule has 0 radical (unpaired) electrons. The first-order valence-electron chi connectivity index (χ1n) is 7.02. The third-order valence-electron chi connectivity index (χ3n) is 3.28. The van der Waals surface area contributed by atoms with Crippen molar-refractivity contribution in [2.75, 3.05) is 26.8 Å². The number of benzene rings is 1. The van der Waals surface area contributed by atoms with E-state index < -0.39 is 18.4 Å². The van der Waals surface area contributed by atoms with Crippen LogP contribution in [0.5, 0.6) is 0 Å². The van der Waals surface area contributed by atoms with Gasteiger partial charge >= 0.3 is 5.97 Å². The third-order valence-corrected chi connectivity index (χ3v) is 3.28. The molecule has 0 aliphatic heterocycles. The maximum absolute atomic E-state index is 12.5. The van der Waals surface area contributed by atoms with E-state index in [4.69, 9.17) is 9.84 Å². The van der Waals surface area contributed by atoms with E-state index in [1.807, 2.05) is 30.3 Å². The van der Waals surface area contributed by atoms with Crippen molar-refractivity contribution in [1.29, 1.82) is 0 Å². The molecule has 0 saturated heterocycles. The Morgan fingerprint density at radius 2 is 2.00 bits per heavy atom. The van der Waals surface area contributed by atoms with Gasteiger partial charge in [-0.15, -0.1) is 5.10 Å². The summed E-state index contributed by atoms with van der Waals surface area (Å²) >= 11 is 0. The van der Waals surface area contributed by atoms with Crippen molar-refractivity contribution in [2.45, 2.75) is 6.92 Å². The number of para-hydroxylation sites is 1. The minimum Gasteiger partial charge on any atom is -0.480 e. The predicted octanol–water partition coefficient (Wildman–Crippen LogP) is 0.749. The molecule has 0 bridgehead atoms. The lowest BCUT2D eigenvalue weighted by Crippen LogP contribution is -2.38. The molecule has 1 heterocycles. The Bertz CT molecular complexity index is 684. The Morgan fingerprint density at radius 1 is 1.30 bits per heavy atom. The van der Waals surface area contributed by atoms with E-state index in [-0.39, 0.29) is 18.8 Å². The number of nitrogens with zero attached hydrogens (tertiary/aromatic N) is 4. The molecule has 0 atom stereocenters. The van der Waals surface area contributed by atoms with Crippen LogP contribution in [-0.4, -0.2) is 63.7 Å². The maximum Gasteiger partial charge on any atom is 0.323 e. The molecule has 0 fully saturated rings. The number of aliphatic carboxylic acids is 1. The minimum atomic E-state index is -1.09. The first kappa shape index (κ1) is 16.6. The van der Waals surface area contributed by atoms with Gasteiger partial charge in [0.15, 0.2) is 5.69 Å². The first-order chi connectivity index (χ1) is 11.0. The van der Waals surface area contributed by atoms with Gasteiger partial charge in [0, 0.05) is 13.7 Å². The summed E-state index contributed by atoms with van der Waals surface area (Å²) in [7, 11) is 1.49. The SMILES string of the molecule is COCCN(CC(=O)O)C(=O)c1nnn(-c2ccccc2)c1C. The second-order valence-corrected chi connectivity index (χ2v) is 4.88. The average Bonchev–Trinajstić information content (AvgIpc) is 2.93. The summed E-state index contributed by atoms with van der Waals surface area (Å²) in [6, 6.07) is 9.27. The maximum atomic E-state index is 12.5. The van der Waals surface area contributed by atoms with Crippen LogP contribution in [-0.2, 0) is 9.53 Å². The summed E-state index contributed by atoms with van der Waals surface area (Å²) in [5.74, 6) is -1.58. The summed E-state index contributed by atoms with van der Waals surface area (Å²) in [6.07, 6.45) is 0. The molecule has 1 N–H and O–H groups in total. The van der Waals surface area contributed by atoms with Gasteiger partial charge in [0.25, 0.3) is 5.91 Å². The van der Waals surface area contributed by atoms with Crippen molar-refractivity contribution in [3.05, 3.63) is 41.7 Å². The average molecular weight is 318 g/mol. The lowest BCUT2D eigenvalue weighted by atomic mass is 10.2. The van der Waals surface area contributed by atoms with E-state index in [2.05, 4.69) is 10.3 Å². The number of hydrogen-bond donors (Lipinski definition) is 1. The Kier molecular flexibility index (Phi) is 5.42. The molecule has 0 saturated carbocycles. The molecule has 0 aliphatic carbocycles. The highest BCUT2D eigenvalue weighted by atomic mass is 16.5. The molecule has 122 valence electrons. The van der Waals surface area contributed by atoms with Gasteiger partial charge in [0.05, 0.1) is 18.0 Å². The second-order valence-electron chi connectivity index (χ2n) is 4.88. The molecule has 1 aromatic carbocycles. The number of ether oxygens (including phenoxy) is 1. The smallest absolute Gasteiger partial charge is 0.323 e. The quantitative estimate of drug-likeness (QED) is 0.809. The van der Waals surface area contributed by atoms with Gasteiger partial charge in [-0.1, -0.05) is 23.4 Å². The highest BCUT2D eigenvalue weighted by Crippen LogP contribution is 2.13. The van der Waals surface area contributed by atoms with E-state index in [0.717, 1.165) is 5.69 Å². The molecular weight excluding hydrogens is 300 g/mol. The van der Waals surface area contributed by atoms with Crippen molar-refractivity contribution in [1.82, 2.24) is 19.9 Å². The number of amides is 1. The zero-order valence-corrected chi connectivity index (χ0v) is 13.0. The molecule has 1 amide bonds. The number of hydrogen-bond acceptors (Lipinski definition) is 5. The monoisotopic (exact) mass is 318 g/mol. The Labute approximate surface area is 133 Å². The number of aromatic nitrogens is 3. The predicted molar refractivity (Wildman–Crippen MR) is 81.5 cm³/mol. The summed E-state index contributed by atoms with van der Waals surface area (Å²) < 4.78 is 6.46. The number of rotatable bonds is 7. The normalized spacial score (nSPS) is 10.5. The van der Waals surface area contributed by atoms with Crippen LogP contribution in [0, 0.1) is 6.92 Å². The molecule has 1 aromatic heterocycles. The van der Waals surface area contributed by atoms with Gasteiger partial charge in [-0.05, 0) is 19.1 Å². The summed E-state index contributed by atoms with van der Waals surface area (Å²) in [5.41, 5.74) is 1.46. The van der Waals surface area contributed by atoms with E-state index in [9.17, 15) is 9.59 Å². The summed E-state index contributed by atoms with van der Waals surface area (Å²) in [4.78, 5) is 24.7. The fourth-order valence-corrected chi connectivity index (χ4v) is 2.11. The molecule has 2 rings (SSSR count). The molecule has 8 nitrogen and oxygen atoms in total. The molecule has 0 spiro atoms. The minimum absolute atomic E-state index is 0.131. The van der Waals surface area contributed by atoms with Crippen LogP contribution in [0.1, 0.15) is 16.2 Å². The standard InChI is InChI=1S/C15H18N4O4/c1-11-14(15(22)18(8-9-23-2)10-13(20)21)16-17-19(11)12-6-4-3-5-7-12/h3-7H,8-10H2,1-2H3,(H,20,21). The lowest BCUT2D eigenvalue weighted by Gasteiger charge is -2.19. The Morgan fingerprint density at radius 3 is 2.61 bits per heavy atom. The van der Waals surface area contributed by atoms with Gasteiger partial charge in [0.2, 0.25) is 0 Å². The van der Waals surface area contributed by atoms with Crippen LogP contribution in [0.25, 0.3) is 5.69 Å². The molecule has 2 aromatic rings. The van der Waals surface area contributed by atoms with E-state index in [1.54, 1.807) is 11.6 Å². The highest BCUT2D eigenvalue weighted by molar-refractivity contribution is 5.95. The molecule has 8 heteroatoms. The molecular formula is C15H18N4O4. The van der Waals surface area contributed by atoms with E-state index in [1.165, 1.54) is 12.0 Å². The molecule has 0 unspecified atom stereocenters. The summed E-state index contributed by atoms with van der Waals surface area (Å²) in [6.45, 7) is 1.71. The van der Waals surface area contributed by atoms with Crippen molar-refractivity contribution in [3.63, 3.8) is 0 Å². The third kappa shape index (κ3) is 3.92. The van der Waals surface area contributed by atoms with Crippen molar-refractivity contribution in [3.8, 4) is 5.69 Å². The van der Waals surface area contributed by atoms with Crippen molar-refractivity contribution >= 4 is 11.9 Å². The van der Waals surface area contributed by atoms with Gasteiger partial charge in [-0.2, -0.15) is 0 Å². The molecule has 23 heavy (non-hydrogen) atoms. The van der Waals surface area contributed by atoms with E-state index >= 15 is 0 Å². The number of methoxy groups -OCH3 is 1. The Hall–Kier alpha value is -2.74. The second kappa shape index (κ2) is 7.50. The zero-order chi connectivity index (χ0) is 16.8. The van der Waals surface area contributed by atoms with E-state index in [0.29, 0.717) is 5.69 Å². The lowest BCUT2D eigenvalue weighted by molar-refractivity contribution is -0.137. The van der Waals surface area contributed by atoms with Crippen LogP contribution in [0.2, 0.25) is 0 Å². The fourth-order valence-electron chi connectivity index (χ4n) is 2.11. The summed E-state index contributed by atoms with van der Waals surface area (Å²) in [5, 5.41) is 16.9. The fraction of sp³-hybridized carbons (Fsp3) is 0.333. The zero-order valence-electron chi connectivity index (χ0n) is 13.0. The Balaban J connectivity index is 2.27. The van der Waals surface area contributed by atoms with Crippen LogP contribution in [0.15, 0.2) is 30.3 Å². The van der Waals surface area contributed by atoms with Gasteiger partial charge in [-0.3, -0.25) is 9.59 Å². The highest BCUT2D eigenvalue weighted by Gasteiger charge is 2.24. The first-order valence-corrected chi connectivity index (χ1v) is 7.02. The number of carbonyl (C=O) groups is 2. The van der Waals surface area contributed by atoms with Gasteiger partial charge in [0.1, 0.15) is 6.54 Å². The molecule has 0 aliphatic rings. The van der Waals surface area contributed by atoms with Crippen LogP contribution in [0.3, 0.4) is 0 Å². The van der Waals surface area contributed by atoms with Gasteiger partial charge < -0.3 is 14.7 Å². The largest absolute Gasteiger partial charge is 0.480 e. The van der Waals surface area contributed by atoms with Gasteiger partial charge in [-0.25, -0.2) is 4.68 Å². The number of carboxylic acid groups (broad SMARTS) is 1. The van der Waals surface area contributed by atoms with Crippen LogP contribution < -0.4 is 0 Å².